The SMILES string of the molecule is CCCCCCCCCCCCSc1cc(N)ccc1Cl. The number of anilines is 1. The van der Waals surface area contributed by atoms with E-state index in [9.17, 15) is 0 Å². The molecule has 1 nitrogen and oxygen atoms in total. The number of nitrogens with two attached hydrogens (primary N) is 1. The van der Waals surface area contributed by atoms with E-state index in [-0.39, 0.29) is 0 Å². The third kappa shape index (κ3) is 9.31. The molecule has 2 N–H and O–H groups in total. The third-order valence-electron chi connectivity index (χ3n) is 3.71. The maximum absolute atomic E-state index is 6.15. The predicted octanol–water partition coefficient (Wildman–Crippen LogP) is 6.94. The number of benzene rings is 1. The van der Waals surface area contributed by atoms with Gasteiger partial charge in [0.05, 0.1) is 5.02 Å². The number of hydrogen-bond donors (Lipinski definition) is 1. The van der Waals surface area contributed by atoms with Crippen molar-refractivity contribution in [2.24, 2.45) is 0 Å². The van der Waals surface area contributed by atoms with Crippen molar-refractivity contribution in [3.8, 4) is 0 Å². The fourth-order valence-corrected chi connectivity index (χ4v) is 3.68. The molecular formula is C18H30ClNS. The van der Waals surface area contributed by atoms with E-state index in [2.05, 4.69) is 6.92 Å². The topological polar surface area (TPSA) is 26.0 Å². The van der Waals surface area contributed by atoms with E-state index in [1.165, 1.54) is 64.2 Å². The Bertz CT molecular complexity index is 381. The number of halogens is 1. The van der Waals surface area contributed by atoms with Crippen LogP contribution >= 0.6 is 23.4 Å². The Hall–Kier alpha value is -0.340. The molecule has 0 heterocycles. The zero-order valence-electron chi connectivity index (χ0n) is 13.4. The van der Waals surface area contributed by atoms with E-state index < -0.39 is 0 Å². The monoisotopic (exact) mass is 327 g/mol. The summed E-state index contributed by atoms with van der Waals surface area (Å²) >= 11 is 7.98. The fourth-order valence-electron chi connectivity index (χ4n) is 2.40. The summed E-state index contributed by atoms with van der Waals surface area (Å²) in [5, 5.41) is 0.821. The van der Waals surface area contributed by atoms with Gasteiger partial charge in [-0.3, -0.25) is 0 Å². The van der Waals surface area contributed by atoms with Crippen molar-refractivity contribution in [1.29, 1.82) is 0 Å². The van der Waals surface area contributed by atoms with Gasteiger partial charge in [-0.15, -0.1) is 11.8 Å². The lowest BCUT2D eigenvalue weighted by molar-refractivity contribution is 0.563. The average Bonchev–Trinajstić information content (AvgIpc) is 2.48. The van der Waals surface area contributed by atoms with Crippen LogP contribution in [0.4, 0.5) is 5.69 Å². The second-order valence-corrected chi connectivity index (χ2v) is 7.26. The first-order chi connectivity index (χ1) is 10.2. The van der Waals surface area contributed by atoms with Crippen molar-refractivity contribution in [3.63, 3.8) is 0 Å². The molecule has 0 fully saturated rings. The molecule has 0 saturated heterocycles. The first kappa shape index (κ1) is 18.7. The molecule has 0 atom stereocenters. The zero-order chi connectivity index (χ0) is 15.3. The summed E-state index contributed by atoms with van der Waals surface area (Å²) in [6.07, 6.45) is 13.8. The molecule has 1 aromatic carbocycles. The van der Waals surface area contributed by atoms with Gasteiger partial charge in [0, 0.05) is 10.6 Å². The summed E-state index contributed by atoms with van der Waals surface area (Å²) in [5.41, 5.74) is 6.58. The molecule has 21 heavy (non-hydrogen) atoms. The third-order valence-corrected chi connectivity index (χ3v) is 5.29. The number of unbranched alkanes of at least 4 members (excludes halogenated alkanes) is 9. The highest BCUT2D eigenvalue weighted by molar-refractivity contribution is 7.99. The van der Waals surface area contributed by atoms with E-state index in [1.54, 1.807) is 0 Å². The molecule has 0 bridgehead atoms. The number of hydrogen-bond acceptors (Lipinski definition) is 2. The van der Waals surface area contributed by atoms with Crippen LogP contribution in [0, 0.1) is 0 Å². The van der Waals surface area contributed by atoms with Gasteiger partial charge in [0.1, 0.15) is 0 Å². The van der Waals surface area contributed by atoms with Crippen LogP contribution in [0.5, 0.6) is 0 Å². The Balaban J connectivity index is 1.94. The molecule has 0 amide bonds. The van der Waals surface area contributed by atoms with Crippen LogP contribution in [-0.4, -0.2) is 5.75 Å². The van der Waals surface area contributed by atoms with Crippen LogP contribution in [-0.2, 0) is 0 Å². The zero-order valence-corrected chi connectivity index (χ0v) is 14.9. The van der Waals surface area contributed by atoms with Crippen LogP contribution in [0.25, 0.3) is 0 Å². The van der Waals surface area contributed by atoms with Gasteiger partial charge in [0.2, 0.25) is 0 Å². The van der Waals surface area contributed by atoms with Crippen molar-refractivity contribution in [1.82, 2.24) is 0 Å². The minimum Gasteiger partial charge on any atom is -0.399 e. The van der Waals surface area contributed by atoms with Gasteiger partial charge in [0.15, 0.2) is 0 Å². The number of nitrogen functional groups attached to an aromatic ring is 1. The first-order valence-corrected chi connectivity index (χ1v) is 9.78. The first-order valence-electron chi connectivity index (χ1n) is 8.42. The van der Waals surface area contributed by atoms with Gasteiger partial charge >= 0.3 is 0 Å². The molecule has 0 unspecified atom stereocenters. The Morgan fingerprint density at radius 3 is 2.10 bits per heavy atom. The molecule has 120 valence electrons. The van der Waals surface area contributed by atoms with Crippen molar-refractivity contribution >= 4 is 29.1 Å². The molecule has 0 radical (unpaired) electrons. The van der Waals surface area contributed by atoms with Crippen molar-refractivity contribution in [2.75, 3.05) is 11.5 Å². The maximum Gasteiger partial charge on any atom is 0.0543 e. The molecule has 1 rings (SSSR count). The maximum atomic E-state index is 6.15. The summed E-state index contributed by atoms with van der Waals surface area (Å²) in [6, 6.07) is 5.72. The lowest BCUT2D eigenvalue weighted by Gasteiger charge is -2.05. The fraction of sp³-hybridized carbons (Fsp3) is 0.667. The highest BCUT2D eigenvalue weighted by Crippen LogP contribution is 2.29. The van der Waals surface area contributed by atoms with Crippen LogP contribution in [0.15, 0.2) is 23.1 Å². The molecule has 1 aromatic rings. The minimum atomic E-state index is 0.796. The highest BCUT2D eigenvalue weighted by atomic mass is 35.5. The molecule has 0 aliphatic heterocycles. The van der Waals surface area contributed by atoms with Gasteiger partial charge in [-0.05, 0) is 30.4 Å². The molecule has 0 aliphatic carbocycles. The lowest BCUT2D eigenvalue weighted by atomic mass is 10.1. The molecule has 0 aromatic heterocycles. The van der Waals surface area contributed by atoms with E-state index in [0.717, 1.165) is 21.4 Å². The van der Waals surface area contributed by atoms with E-state index >= 15 is 0 Å². The molecular weight excluding hydrogens is 298 g/mol. The average molecular weight is 328 g/mol. The Kier molecular flexibility index (Phi) is 10.9. The van der Waals surface area contributed by atoms with E-state index in [1.807, 2.05) is 30.0 Å². The van der Waals surface area contributed by atoms with Crippen molar-refractivity contribution in [2.45, 2.75) is 76.0 Å². The van der Waals surface area contributed by atoms with Crippen LogP contribution in [0.3, 0.4) is 0 Å². The van der Waals surface area contributed by atoms with Crippen LogP contribution in [0.1, 0.15) is 71.1 Å². The highest BCUT2D eigenvalue weighted by Gasteiger charge is 2.01. The summed E-state index contributed by atoms with van der Waals surface area (Å²) in [4.78, 5) is 1.12. The summed E-state index contributed by atoms with van der Waals surface area (Å²) in [7, 11) is 0. The standard InChI is InChI=1S/C18H30ClNS/c1-2-3-4-5-6-7-8-9-10-11-14-21-18-15-16(20)12-13-17(18)19/h12-13,15H,2-11,14,20H2,1H3. The predicted molar refractivity (Wildman–Crippen MR) is 98.4 cm³/mol. The van der Waals surface area contributed by atoms with Gasteiger partial charge in [-0.25, -0.2) is 0 Å². The molecule has 0 aliphatic rings. The second kappa shape index (κ2) is 12.2. The molecule has 0 saturated carbocycles. The Morgan fingerprint density at radius 1 is 0.905 bits per heavy atom. The van der Waals surface area contributed by atoms with Crippen LogP contribution in [0.2, 0.25) is 5.02 Å². The number of rotatable bonds is 12. The van der Waals surface area contributed by atoms with Gasteiger partial charge in [-0.2, -0.15) is 0 Å². The second-order valence-electron chi connectivity index (χ2n) is 5.72. The summed E-state index contributed by atoms with van der Waals surface area (Å²) in [5.74, 6) is 1.14. The summed E-state index contributed by atoms with van der Waals surface area (Å²) < 4.78 is 0. The van der Waals surface area contributed by atoms with E-state index in [4.69, 9.17) is 17.3 Å². The smallest absolute Gasteiger partial charge is 0.0543 e. The minimum absolute atomic E-state index is 0.796. The van der Waals surface area contributed by atoms with Gasteiger partial charge in [0.25, 0.3) is 0 Å². The molecule has 0 spiro atoms. The normalized spacial score (nSPS) is 11.0. The number of thioether (sulfide) groups is 1. The van der Waals surface area contributed by atoms with Gasteiger partial charge in [-0.1, -0.05) is 76.3 Å². The largest absolute Gasteiger partial charge is 0.399 e. The lowest BCUT2D eigenvalue weighted by Crippen LogP contribution is -1.87. The summed E-state index contributed by atoms with van der Waals surface area (Å²) in [6.45, 7) is 2.27. The van der Waals surface area contributed by atoms with Gasteiger partial charge < -0.3 is 5.73 Å². The van der Waals surface area contributed by atoms with Crippen molar-refractivity contribution < 1.29 is 0 Å². The molecule has 3 heteroatoms. The Morgan fingerprint density at radius 2 is 1.48 bits per heavy atom. The Labute approximate surface area is 140 Å². The quantitative estimate of drug-likeness (QED) is 0.256. The van der Waals surface area contributed by atoms with Crippen molar-refractivity contribution in [3.05, 3.63) is 23.2 Å². The van der Waals surface area contributed by atoms with E-state index in [0.29, 0.717) is 0 Å². The van der Waals surface area contributed by atoms with Crippen LogP contribution < -0.4 is 5.73 Å².